The number of methoxy groups -OCH3 is 1. The minimum Gasteiger partial charge on any atom is -0.497 e. The molecule has 0 bridgehead atoms. The van der Waals surface area contributed by atoms with Crippen LogP contribution >= 0.6 is 11.3 Å². The second-order valence-corrected chi connectivity index (χ2v) is 8.64. The minimum absolute atomic E-state index is 0.0117. The Morgan fingerprint density at radius 1 is 1.16 bits per heavy atom. The van der Waals surface area contributed by atoms with E-state index in [1.54, 1.807) is 18.4 Å². The fourth-order valence-electron chi connectivity index (χ4n) is 3.99. The van der Waals surface area contributed by atoms with Crippen molar-refractivity contribution in [2.24, 2.45) is 5.92 Å². The predicted molar refractivity (Wildman–Crippen MR) is 123 cm³/mol. The van der Waals surface area contributed by atoms with Crippen molar-refractivity contribution in [1.29, 1.82) is 0 Å². The van der Waals surface area contributed by atoms with Crippen LogP contribution in [-0.2, 0) is 22.4 Å². The number of ether oxygens (including phenoxy) is 1. The van der Waals surface area contributed by atoms with Crippen LogP contribution in [0.4, 0.5) is 0 Å². The molecule has 1 aliphatic heterocycles. The monoisotopic (exact) mass is 434 g/mol. The normalized spacial score (nSPS) is 16.5. The summed E-state index contributed by atoms with van der Waals surface area (Å²) in [6, 6.07) is 19.9. The highest BCUT2D eigenvalue weighted by atomic mass is 32.1. The number of carbonyl (C=O) groups is 2. The fourth-order valence-corrected chi connectivity index (χ4v) is 4.77. The lowest BCUT2D eigenvalue weighted by Crippen LogP contribution is -2.38. The summed E-state index contributed by atoms with van der Waals surface area (Å²) in [4.78, 5) is 28.8. The first kappa shape index (κ1) is 21.1. The molecular weight excluding hydrogens is 408 g/mol. The Morgan fingerprint density at radius 2 is 2.03 bits per heavy atom. The Kier molecular flexibility index (Phi) is 6.67. The van der Waals surface area contributed by atoms with Crippen LogP contribution in [0.15, 0.2) is 66.0 Å². The van der Waals surface area contributed by atoms with Gasteiger partial charge in [0.1, 0.15) is 5.75 Å². The molecule has 1 atom stereocenters. The van der Waals surface area contributed by atoms with Gasteiger partial charge in [0.2, 0.25) is 11.8 Å². The van der Waals surface area contributed by atoms with Crippen molar-refractivity contribution >= 4 is 23.2 Å². The zero-order chi connectivity index (χ0) is 21.6. The van der Waals surface area contributed by atoms with Gasteiger partial charge >= 0.3 is 0 Å². The Balaban J connectivity index is 1.50. The number of benzene rings is 2. The second-order valence-electron chi connectivity index (χ2n) is 7.69. The van der Waals surface area contributed by atoms with Gasteiger partial charge in [-0.3, -0.25) is 9.59 Å². The van der Waals surface area contributed by atoms with Gasteiger partial charge in [-0.1, -0.05) is 42.5 Å². The average Bonchev–Trinajstić information content (AvgIpc) is 3.26. The quantitative estimate of drug-likeness (QED) is 0.642. The number of nitrogens with one attached hydrogen (secondary N) is 1. The molecule has 31 heavy (non-hydrogen) atoms. The molecule has 0 aliphatic carbocycles. The summed E-state index contributed by atoms with van der Waals surface area (Å²) in [7, 11) is 1.62. The molecule has 2 heterocycles. The van der Waals surface area contributed by atoms with E-state index in [1.807, 2.05) is 47.4 Å². The van der Waals surface area contributed by atoms with Gasteiger partial charge in [0, 0.05) is 24.5 Å². The van der Waals surface area contributed by atoms with Crippen molar-refractivity contribution in [2.75, 3.05) is 26.7 Å². The molecule has 4 rings (SSSR count). The molecule has 3 aromatic rings. The number of thiophene rings is 1. The van der Waals surface area contributed by atoms with Gasteiger partial charge < -0.3 is 15.0 Å². The molecule has 1 N–H and O–H groups in total. The van der Waals surface area contributed by atoms with Gasteiger partial charge in [-0.25, -0.2) is 0 Å². The van der Waals surface area contributed by atoms with Crippen molar-refractivity contribution in [3.05, 3.63) is 77.2 Å². The average molecular weight is 435 g/mol. The first-order valence-corrected chi connectivity index (χ1v) is 11.3. The third kappa shape index (κ3) is 5.14. The molecule has 1 aromatic heterocycles. The molecule has 6 heteroatoms. The van der Waals surface area contributed by atoms with Crippen LogP contribution in [-0.4, -0.2) is 43.5 Å². The zero-order valence-electron chi connectivity index (χ0n) is 17.5. The highest BCUT2D eigenvalue weighted by Crippen LogP contribution is 2.30. The fraction of sp³-hybridized carbons (Fsp3) is 0.280. The van der Waals surface area contributed by atoms with Crippen molar-refractivity contribution in [3.63, 3.8) is 0 Å². The zero-order valence-corrected chi connectivity index (χ0v) is 18.4. The summed E-state index contributed by atoms with van der Waals surface area (Å²) >= 11 is 1.69. The molecule has 2 amide bonds. The van der Waals surface area contributed by atoms with Crippen LogP contribution in [0.2, 0.25) is 0 Å². The highest BCUT2D eigenvalue weighted by Gasteiger charge is 2.28. The third-order valence-electron chi connectivity index (χ3n) is 5.61. The van der Waals surface area contributed by atoms with E-state index in [2.05, 4.69) is 28.9 Å². The molecule has 1 fully saturated rings. The Hall–Kier alpha value is -3.12. The van der Waals surface area contributed by atoms with Crippen molar-refractivity contribution in [2.45, 2.75) is 12.8 Å². The molecule has 0 spiro atoms. The topological polar surface area (TPSA) is 58.6 Å². The van der Waals surface area contributed by atoms with Gasteiger partial charge in [0.05, 0.1) is 19.4 Å². The number of nitrogens with zero attached hydrogens (tertiary/aromatic N) is 1. The maximum atomic E-state index is 13.0. The lowest BCUT2D eigenvalue weighted by Gasteiger charge is -2.24. The molecule has 1 saturated heterocycles. The highest BCUT2D eigenvalue weighted by molar-refractivity contribution is 7.13. The summed E-state index contributed by atoms with van der Waals surface area (Å²) < 4.78 is 5.26. The van der Waals surface area contributed by atoms with E-state index in [0.29, 0.717) is 32.5 Å². The molecule has 1 aliphatic rings. The Labute approximate surface area is 186 Å². The van der Waals surface area contributed by atoms with Crippen LogP contribution in [0.25, 0.3) is 10.4 Å². The van der Waals surface area contributed by atoms with Crippen LogP contribution in [0, 0.1) is 5.92 Å². The molecule has 5 nitrogen and oxygen atoms in total. The van der Waals surface area contributed by atoms with Crippen molar-refractivity contribution in [1.82, 2.24) is 10.2 Å². The number of hydrogen-bond acceptors (Lipinski definition) is 4. The Bertz CT molecular complexity index is 1050. The summed E-state index contributed by atoms with van der Waals surface area (Å²) in [5.74, 6) is 0.498. The van der Waals surface area contributed by atoms with Crippen molar-refractivity contribution in [3.8, 4) is 16.2 Å². The number of rotatable bonds is 6. The van der Waals surface area contributed by atoms with Crippen molar-refractivity contribution < 1.29 is 14.3 Å². The maximum absolute atomic E-state index is 13.0. The molecule has 0 unspecified atom stereocenters. The van der Waals surface area contributed by atoms with E-state index >= 15 is 0 Å². The minimum atomic E-state index is -0.280. The molecule has 0 saturated carbocycles. The van der Waals surface area contributed by atoms with Crippen LogP contribution < -0.4 is 10.1 Å². The van der Waals surface area contributed by atoms with E-state index in [1.165, 1.54) is 4.88 Å². The molecular formula is C25H26N2O3S. The predicted octanol–water partition coefficient (Wildman–Crippen LogP) is 3.78. The molecule has 2 aromatic carbocycles. The summed E-state index contributed by atoms with van der Waals surface area (Å²) in [5.41, 5.74) is 3.20. The summed E-state index contributed by atoms with van der Waals surface area (Å²) in [5, 5.41) is 5.04. The van der Waals surface area contributed by atoms with E-state index in [9.17, 15) is 9.59 Å². The largest absolute Gasteiger partial charge is 0.497 e. The van der Waals surface area contributed by atoms with E-state index in [0.717, 1.165) is 22.4 Å². The van der Waals surface area contributed by atoms with E-state index < -0.39 is 0 Å². The summed E-state index contributed by atoms with van der Waals surface area (Å²) in [6.07, 6.45) is 0.896. The SMILES string of the molecule is COc1cccc(CC(=O)N2CCNC(=O)[C@@H](Cc3ccccc3-c3cccs3)C2)c1. The van der Waals surface area contributed by atoms with Gasteiger partial charge in [0.25, 0.3) is 0 Å². The van der Waals surface area contributed by atoms with Crippen LogP contribution in [0.5, 0.6) is 5.75 Å². The second kappa shape index (κ2) is 9.79. The first-order valence-electron chi connectivity index (χ1n) is 10.4. The van der Waals surface area contributed by atoms with Gasteiger partial charge in [0.15, 0.2) is 0 Å². The summed E-state index contributed by atoms with van der Waals surface area (Å²) in [6.45, 7) is 1.43. The van der Waals surface area contributed by atoms with Gasteiger partial charge in [-0.05, 0) is 46.7 Å². The van der Waals surface area contributed by atoms with Crippen LogP contribution in [0.1, 0.15) is 11.1 Å². The lowest BCUT2D eigenvalue weighted by molar-refractivity contribution is -0.131. The van der Waals surface area contributed by atoms with E-state index in [4.69, 9.17) is 4.74 Å². The van der Waals surface area contributed by atoms with Gasteiger partial charge in [-0.15, -0.1) is 11.3 Å². The number of hydrogen-bond donors (Lipinski definition) is 1. The number of carbonyl (C=O) groups excluding carboxylic acids is 2. The van der Waals surface area contributed by atoms with E-state index in [-0.39, 0.29) is 17.7 Å². The molecule has 0 radical (unpaired) electrons. The lowest BCUT2D eigenvalue weighted by atomic mass is 9.94. The van der Waals surface area contributed by atoms with Crippen LogP contribution in [0.3, 0.4) is 0 Å². The molecule has 160 valence electrons. The first-order chi connectivity index (χ1) is 15.1. The Morgan fingerprint density at radius 3 is 2.84 bits per heavy atom. The maximum Gasteiger partial charge on any atom is 0.227 e. The standard InChI is InChI=1S/C25H26N2O3S/c1-30-21-8-4-6-18(14-21)15-24(28)27-12-11-26-25(29)20(17-27)16-19-7-2-3-9-22(19)23-10-5-13-31-23/h2-10,13-14,20H,11-12,15-17H2,1H3,(H,26,29)/t20-/m0/s1. The third-order valence-corrected chi connectivity index (χ3v) is 6.51. The van der Waals surface area contributed by atoms with Gasteiger partial charge in [-0.2, -0.15) is 0 Å². The number of amides is 2. The smallest absolute Gasteiger partial charge is 0.227 e.